The second-order valence-corrected chi connectivity index (χ2v) is 8.43. The number of hydrogen-bond acceptors (Lipinski definition) is 6. The molecule has 0 fully saturated rings. The van der Waals surface area contributed by atoms with Crippen molar-refractivity contribution in [2.45, 2.75) is 15.7 Å². The Labute approximate surface area is 176 Å². The number of benzene rings is 3. The number of fused-ring (bicyclic) bond motifs is 1. The Morgan fingerprint density at radius 1 is 1.00 bits per heavy atom. The van der Waals surface area contributed by atoms with Crippen LogP contribution >= 0.6 is 11.8 Å². The van der Waals surface area contributed by atoms with Gasteiger partial charge in [-0.3, -0.25) is 10.3 Å². The number of nitrogens with one attached hydrogen (secondary N) is 2. The number of anilines is 2. The molecule has 0 bridgehead atoms. The first kappa shape index (κ1) is 19.7. The van der Waals surface area contributed by atoms with E-state index in [0.29, 0.717) is 5.09 Å². The zero-order valence-electron chi connectivity index (χ0n) is 15.8. The number of hydrogen-bond donors (Lipinski definition) is 2. The molecule has 0 aliphatic rings. The summed E-state index contributed by atoms with van der Waals surface area (Å²) in [6.07, 6.45) is 0. The summed E-state index contributed by atoms with van der Waals surface area (Å²) < 4.78 is 21.6. The highest BCUT2D eigenvalue weighted by Gasteiger charge is 2.19. The molecule has 7 heteroatoms. The van der Waals surface area contributed by atoms with Gasteiger partial charge in [0.05, 0.1) is 18.5 Å². The molecule has 0 aliphatic carbocycles. The summed E-state index contributed by atoms with van der Waals surface area (Å²) in [6.45, 7) is 0. The van der Waals surface area contributed by atoms with Crippen molar-refractivity contribution in [3.63, 3.8) is 0 Å². The van der Waals surface area contributed by atoms with Gasteiger partial charge in [-0.25, -0.2) is 0 Å². The third-order valence-corrected chi connectivity index (χ3v) is 6.33. The van der Waals surface area contributed by atoms with Gasteiger partial charge < -0.3 is 8.97 Å². The maximum atomic E-state index is 12.8. The summed E-state index contributed by atoms with van der Waals surface area (Å²) in [7, 11) is 1.59. The van der Waals surface area contributed by atoms with Gasteiger partial charge in [-0.05, 0) is 35.9 Å². The van der Waals surface area contributed by atoms with E-state index in [-0.39, 0.29) is 0 Å². The first-order valence-corrected chi connectivity index (χ1v) is 11.1. The first-order valence-electron chi connectivity index (χ1n) is 9.00. The Hall–Kier alpha value is -2.58. The van der Waals surface area contributed by atoms with Gasteiger partial charge in [0.25, 0.3) is 0 Å². The van der Waals surface area contributed by atoms with Gasteiger partial charge in [0.1, 0.15) is 16.9 Å². The molecule has 148 valence electrons. The molecule has 0 amide bonds. The molecule has 0 saturated heterocycles. The van der Waals surface area contributed by atoms with Crippen molar-refractivity contribution in [1.29, 1.82) is 0 Å². The van der Waals surface area contributed by atoms with Crippen LogP contribution in [0.25, 0.3) is 11.0 Å². The van der Waals surface area contributed by atoms with Crippen molar-refractivity contribution >= 4 is 45.5 Å². The SMILES string of the molecule is CONc1cccc(CSc2ccccc2N[S+]([O-])c2cc3ccccc3o2)c1. The van der Waals surface area contributed by atoms with E-state index < -0.39 is 11.4 Å². The lowest BCUT2D eigenvalue weighted by atomic mass is 10.2. The fourth-order valence-electron chi connectivity index (χ4n) is 2.88. The van der Waals surface area contributed by atoms with E-state index in [4.69, 9.17) is 9.25 Å². The molecule has 0 radical (unpaired) electrons. The zero-order chi connectivity index (χ0) is 20.1. The summed E-state index contributed by atoms with van der Waals surface area (Å²) in [5.74, 6) is 0.773. The molecular weight excluding hydrogens is 404 g/mol. The van der Waals surface area contributed by atoms with E-state index in [1.54, 1.807) is 18.9 Å². The van der Waals surface area contributed by atoms with Crippen molar-refractivity contribution in [2.75, 3.05) is 17.3 Å². The predicted octanol–water partition coefficient (Wildman–Crippen LogP) is 5.83. The lowest BCUT2D eigenvalue weighted by molar-refractivity contribution is 0.271. The Bertz CT molecular complexity index is 1070. The molecular formula is C22H20N2O3S2. The topological polar surface area (TPSA) is 69.5 Å². The summed E-state index contributed by atoms with van der Waals surface area (Å²) in [5, 5.41) is 1.34. The number of rotatable bonds is 8. The average Bonchev–Trinajstić information content (AvgIpc) is 3.18. The third kappa shape index (κ3) is 4.89. The van der Waals surface area contributed by atoms with E-state index in [9.17, 15) is 4.55 Å². The monoisotopic (exact) mass is 424 g/mol. The van der Waals surface area contributed by atoms with Gasteiger partial charge in [-0.15, -0.1) is 11.8 Å². The highest BCUT2D eigenvalue weighted by molar-refractivity contribution is 7.98. The minimum absolute atomic E-state index is 0.407. The maximum absolute atomic E-state index is 12.8. The normalized spacial score (nSPS) is 12.1. The smallest absolute Gasteiger partial charge is 0.339 e. The van der Waals surface area contributed by atoms with E-state index in [1.807, 2.05) is 72.8 Å². The molecule has 1 aromatic heterocycles. The fraction of sp³-hybridized carbons (Fsp3) is 0.0909. The van der Waals surface area contributed by atoms with E-state index in [0.717, 1.165) is 38.6 Å². The Morgan fingerprint density at radius 2 is 1.83 bits per heavy atom. The van der Waals surface area contributed by atoms with Gasteiger partial charge in [0, 0.05) is 22.1 Å². The molecule has 0 spiro atoms. The van der Waals surface area contributed by atoms with Crippen LogP contribution < -0.4 is 10.2 Å². The van der Waals surface area contributed by atoms with Crippen LogP contribution in [0, 0.1) is 0 Å². The number of thioether (sulfide) groups is 1. The first-order chi connectivity index (χ1) is 14.2. The van der Waals surface area contributed by atoms with Crippen LogP contribution in [-0.2, 0) is 22.0 Å². The average molecular weight is 425 g/mol. The van der Waals surface area contributed by atoms with Gasteiger partial charge >= 0.3 is 5.09 Å². The largest absolute Gasteiger partial charge is 0.585 e. The number of furan rings is 1. The van der Waals surface area contributed by atoms with Gasteiger partial charge in [0.2, 0.25) is 0 Å². The minimum atomic E-state index is -1.49. The third-order valence-electron chi connectivity index (χ3n) is 4.22. The quantitative estimate of drug-likeness (QED) is 0.211. The predicted molar refractivity (Wildman–Crippen MR) is 119 cm³/mol. The second kappa shape index (κ2) is 9.28. The number of para-hydroxylation sites is 2. The fourth-order valence-corrected chi connectivity index (χ4v) is 4.77. The molecule has 2 N–H and O–H groups in total. The summed E-state index contributed by atoms with van der Waals surface area (Å²) in [6, 6.07) is 25.3. The molecule has 1 unspecified atom stereocenters. The van der Waals surface area contributed by atoms with Crippen molar-refractivity contribution in [3.8, 4) is 0 Å². The Morgan fingerprint density at radius 3 is 2.69 bits per heavy atom. The van der Waals surface area contributed by atoms with E-state index in [1.165, 1.54) is 0 Å². The van der Waals surface area contributed by atoms with Crippen LogP contribution in [-0.4, -0.2) is 11.7 Å². The standard InChI is InChI=1S/C22H20N2O3S2/c1-26-23-18-9-6-7-16(13-18)15-28-21-12-5-3-10-19(21)24-29(25)22-14-17-8-2-4-11-20(17)27-22/h2-14,23-24H,15H2,1H3. The zero-order valence-corrected chi connectivity index (χ0v) is 17.4. The van der Waals surface area contributed by atoms with Crippen molar-refractivity contribution in [2.24, 2.45) is 0 Å². The summed E-state index contributed by atoms with van der Waals surface area (Å²) in [5.41, 5.74) is 6.44. The molecule has 3 aromatic carbocycles. The molecule has 0 aliphatic heterocycles. The lowest BCUT2D eigenvalue weighted by Crippen LogP contribution is -2.12. The molecule has 0 saturated carbocycles. The van der Waals surface area contributed by atoms with Crippen LogP contribution in [0.2, 0.25) is 0 Å². The maximum Gasteiger partial charge on any atom is 0.339 e. The molecule has 5 nitrogen and oxygen atoms in total. The van der Waals surface area contributed by atoms with E-state index in [2.05, 4.69) is 16.3 Å². The van der Waals surface area contributed by atoms with Crippen molar-refractivity contribution < 1.29 is 13.8 Å². The van der Waals surface area contributed by atoms with Crippen LogP contribution in [0.5, 0.6) is 0 Å². The molecule has 4 aromatic rings. The molecule has 29 heavy (non-hydrogen) atoms. The van der Waals surface area contributed by atoms with Crippen LogP contribution in [0.4, 0.5) is 11.4 Å². The van der Waals surface area contributed by atoms with Crippen LogP contribution in [0.3, 0.4) is 0 Å². The highest BCUT2D eigenvalue weighted by atomic mass is 32.2. The lowest BCUT2D eigenvalue weighted by Gasteiger charge is -2.12. The second-order valence-electron chi connectivity index (χ2n) is 6.27. The van der Waals surface area contributed by atoms with Crippen LogP contribution in [0.15, 0.2) is 93.3 Å². The van der Waals surface area contributed by atoms with Gasteiger partial charge in [0.15, 0.2) is 0 Å². The van der Waals surface area contributed by atoms with Gasteiger partial charge in [-0.2, -0.15) is 4.72 Å². The Kier molecular flexibility index (Phi) is 6.31. The van der Waals surface area contributed by atoms with Gasteiger partial charge in [-0.1, -0.05) is 42.5 Å². The Balaban J connectivity index is 1.47. The van der Waals surface area contributed by atoms with Crippen molar-refractivity contribution in [1.82, 2.24) is 0 Å². The summed E-state index contributed by atoms with van der Waals surface area (Å²) in [4.78, 5) is 5.98. The van der Waals surface area contributed by atoms with Crippen molar-refractivity contribution in [3.05, 3.63) is 84.4 Å². The molecule has 1 heterocycles. The molecule has 4 rings (SSSR count). The molecule has 1 atom stereocenters. The van der Waals surface area contributed by atoms with Crippen LogP contribution in [0.1, 0.15) is 5.56 Å². The minimum Gasteiger partial charge on any atom is -0.585 e. The van der Waals surface area contributed by atoms with E-state index >= 15 is 0 Å². The summed E-state index contributed by atoms with van der Waals surface area (Å²) >= 11 is 0.185. The highest BCUT2D eigenvalue weighted by Crippen LogP contribution is 2.32.